The van der Waals surface area contributed by atoms with E-state index < -0.39 is 0 Å². The molecule has 0 fully saturated rings. The molecule has 2 aromatic carbocycles. The van der Waals surface area contributed by atoms with E-state index in [1.165, 1.54) is 24.3 Å². The van der Waals surface area contributed by atoms with Crippen LogP contribution >= 0.6 is 24.0 Å². The fourth-order valence-corrected chi connectivity index (χ4v) is 2.73. The van der Waals surface area contributed by atoms with Gasteiger partial charge in [-0.2, -0.15) is 0 Å². The van der Waals surface area contributed by atoms with Crippen LogP contribution in [0.25, 0.3) is 10.9 Å². The van der Waals surface area contributed by atoms with Crippen LogP contribution in [0.3, 0.4) is 0 Å². The van der Waals surface area contributed by atoms with E-state index in [1.807, 2.05) is 12.3 Å². The highest BCUT2D eigenvalue weighted by molar-refractivity contribution is 14.0. The molecule has 0 aliphatic heterocycles. The normalized spacial score (nSPS) is 11.3. The third kappa shape index (κ3) is 5.17. The minimum absolute atomic E-state index is 0. The van der Waals surface area contributed by atoms with E-state index in [1.54, 1.807) is 19.2 Å². The highest BCUT2D eigenvalue weighted by Gasteiger charge is 2.05. The number of rotatable bonds is 5. The first-order valence-corrected chi connectivity index (χ1v) is 8.10. The first-order chi connectivity index (χ1) is 12.2. The van der Waals surface area contributed by atoms with Crippen LogP contribution in [0.2, 0.25) is 0 Å². The van der Waals surface area contributed by atoms with Crippen LogP contribution in [-0.2, 0) is 13.0 Å². The molecule has 0 saturated heterocycles. The predicted octanol–water partition coefficient (Wildman–Crippen LogP) is 3.97. The third-order valence-electron chi connectivity index (χ3n) is 3.99. The van der Waals surface area contributed by atoms with Crippen molar-refractivity contribution < 1.29 is 8.78 Å². The highest BCUT2D eigenvalue weighted by atomic mass is 127. The number of H-pyrrole nitrogens is 1. The van der Waals surface area contributed by atoms with Crippen molar-refractivity contribution in [3.05, 3.63) is 71.4 Å². The van der Waals surface area contributed by atoms with Gasteiger partial charge in [0.05, 0.1) is 0 Å². The second-order valence-corrected chi connectivity index (χ2v) is 5.74. The van der Waals surface area contributed by atoms with Gasteiger partial charge in [-0.15, -0.1) is 24.0 Å². The van der Waals surface area contributed by atoms with Crippen LogP contribution in [-0.4, -0.2) is 24.5 Å². The van der Waals surface area contributed by atoms with E-state index in [0.717, 1.165) is 28.5 Å². The quantitative estimate of drug-likeness (QED) is 0.300. The molecule has 0 atom stereocenters. The van der Waals surface area contributed by atoms with Gasteiger partial charge >= 0.3 is 0 Å². The van der Waals surface area contributed by atoms with Crippen molar-refractivity contribution in [1.29, 1.82) is 0 Å². The van der Waals surface area contributed by atoms with Crippen LogP contribution in [0, 0.1) is 11.6 Å². The van der Waals surface area contributed by atoms with Crippen LogP contribution in [0.5, 0.6) is 0 Å². The van der Waals surface area contributed by atoms with Crippen LogP contribution in [0.4, 0.5) is 8.78 Å². The van der Waals surface area contributed by atoms with E-state index >= 15 is 0 Å². The summed E-state index contributed by atoms with van der Waals surface area (Å²) in [6, 6.07) is 11.2. The average molecular weight is 470 g/mol. The van der Waals surface area contributed by atoms with Gasteiger partial charge in [-0.05, 0) is 47.9 Å². The molecule has 3 N–H and O–H groups in total. The molecule has 138 valence electrons. The second-order valence-electron chi connectivity index (χ2n) is 5.74. The molecule has 0 saturated carbocycles. The molecular formula is C19H21F2IN4. The molecule has 1 heterocycles. The van der Waals surface area contributed by atoms with Crippen molar-refractivity contribution in [2.45, 2.75) is 13.0 Å². The van der Waals surface area contributed by atoms with Gasteiger partial charge in [-0.25, -0.2) is 8.78 Å². The van der Waals surface area contributed by atoms with Crippen LogP contribution < -0.4 is 10.6 Å². The number of aliphatic imine (C=N–C) groups is 1. The molecule has 1 aromatic heterocycles. The zero-order chi connectivity index (χ0) is 17.6. The lowest BCUT2D eigenvalue weighted by atomic mass is 10.1. The van der Waals surface area contributed by atoms with E-state index in [9.17, 15) is 8.78 Å². The summed E-state index contributed by atoms with van der Waals surface area (Å²) in [5, 5.41) is 7.25. The smallest absolute Gasteiger partial charge is 0.191 e. The van der Waals surface area contributed by atoms with Gasteiger partial charge < -0.3 is 15.6 Å². The zero-order valence-corrected chi connectivity index (χ0v) is 16.7. The van der Waals surface area contributed by atoms with Gasteiger partial charge in [0.2, 0.25) is 0 Å². The van der Waals surface area contributed by atoms with Crippen LogP contribution in [0.15, 0.2) is 53.7 Å². The number of guanidine groups is 1. The topological polar surface area (TPSA) is 52.2 Å². The van der Waals surface area contributed by atoms with Crippen molar-refractivity contribution in [3.63, 3.8) is 0 Å². The van der Waals surface area contributed by atoms with Crippen molar-refractivity contribution in [2.75, 3.05) is 13.6 Å². The first-order valence-electron chi connectivity index (χ1n) is 8.10. The highest BCUT2D eigenvalue weighted by Crippen LogP contribution is 2.19. The van der Waals surface area contributed by atoms with E-state index in [-0.39, 0.29) is 35.6 Å². The van der Waals surface area contributed by atoms with E-state index in [2.05, 4.69) is 20.6 Å². The van der Waals surface area contributed by atoms with Crippen molar-refractivity contribution in [1.82, 2.24) is 15.6 Å². The molecule has 0 amide bonds. The second kappa shape index (κ2) is 9.51. The molecule has 7 heteroatoms. The minimum atomic E-state index is -0.256. The number of benzene rings is 2. The summed E-state index contributed by atoms with van der Waals surface area (Å²) in [7, 11) is 1.68. The molecular weight excluding hydrogens is 449 g/mol. The summed E-state index contributed by atoms with van der Waals surface area (Å²) < 4.78 is 26.6. The predicted molar refractivity (Wildman–Crippen MR) is 112 cm³/mol. The first kappa shape index (κ1) is 20.2. The Hall–Kier alpha value is -2.16. The molecule has 0 spiro atoms. The summed E-state index contributed by atoms with van der Waals surface area (Å²) in [5.74, 6) is 0.137. The Bertz CT molecular complexity index is 892. The average Bonchev–Trinajstić information content (AvgIpc) is 3.00. The fourth-order valence-electron chi connectivity index (χ4n) is 2.73. The lowest BCUT2D eigenvalue weighted by Crippen LogP contribution is -2.37. The zero-order valence-electron chi connectivity index (χ0n) is 14.4. The Morgan fingerprint density at radius 1 is 1.08 bits per heavy atom. The summed E-state index contributed by atoms with van der Waals surface area (Å²) in [4.78, 5) is 7.30. The Morgan fingerprint density at radius 3 is 2.65 bits per heavy atom. The van der Waals surface area contributed by atoms with Crippen molar-refractivity contribution in [3.8, 4) is 0 Å². The number of hydrogen-bond acceptors (Lipinski definition) is 1. The maximum absolute atomic E-state index is 13.4. The summed E-state index contributed by atoms with van der Waals surface area (Å²) in [6.07, 6.45) is 2.62. The summed E-state index contributed by atoms with van der Waals surface area (Å²) >= 11 is 0. The third-order valence-corrected chi connectivity index (χ3v) is 3.99. The molecule has 0 radical (unpaired) electrons. The van der Waals surface area contributed by atoms with Gasteiger partial charge in [0.25, 0.3) is 0 Å². The Balaban J connectivity index is 0.00000243. The number of halogens is 3. The number of fused-ring (bicyclic) bond motifs is 1. The molecule has 3 aromatic rings. The lowest BCUT2D eigenvalue weighted by molar-refractivity contribution is 0.624. The number of nitrogens with one attached hydrogen (secondary N) is 3. The van der Waals surface area contributed by atoms with Crippen LogP contribution in [0.1, 0.15) is 11.1 Å². The standard InChI is InChI=1S/C19H20F2N4.HI/c1-22-19(25-11-13-3-2-4-15(20)9-13)23-8-7-14-12-24-18-6-5-16(21)10-17(14)18;/h2-6,9-10,12,24H,7-8,11H2,1H3,(H2,22,23,25);1H. The van der Waals surface area contributed by atoms with Gasteiger partial charge in [0, 0.05) is 37.2 Å². The van der Waals surface area contributed by atoms with Crippen molar-refractivity contribution >= 4 is 40.8 Å². The Kier molecular flexibility index (Phi) is 7.38. The minimum Gasteiger partial charge on any atom is -0.361 e. The number of nitrogens with zero attached hydrogens (tertiary/aromatic N) is 1. The maximum atomic E-state index is 13.4. The van der Waals surface area contributed by atoms with Gasteiger partial charge in [-0.3, -0.25) is 4.99 Å². The summed E-state index contributed by atoms with van der Waals surface area (Å²) in [6.45, 7) is 1.13. The van der Waals surface area contributed by atoms with E-state index in [4.69, 9.17) is 0 Å². The van der Waals surface area contributed by atoms with Crippen molar-refractivity contribution in [2.24, 2.45) is 4.99 Å². The summed E-state index contributed by atoms with van der Waals surface area (Å²) in [5.41, 5.74) is 2.81. The molecule has 26 heavy (non-hydrogen) atoms. The molecule has 4 nitrogen and oxygen atoms in total. The SMILES string of the molecule is CN=C(NCCc1c[nH]c2ccc(F)cc12)NCc1cccc(F)c1.I. The Labute approximate surface area is 168 Å². The number of aromatic nitrogens is 1. The number of hydrogen-bond donors (Lipinski definition) is 3. The van der Waals surface area contributed by atoms with Gasteiger partial charge in [-0.1, -0.05) is 12.1 Å². The molecule has 3 rings (SSSR count). The molecule has 0 unspecified atom stereocenters. The monoisotopic (exact) mass is 470 g/mol. The van der Waals surface area contributed by atoms with Gasteiger partial charge in [0.1, 0.15) is 11.6 Å². The fraction of sp³-hybridized carbons (Fsp3) is 0.211. The molecule has 0 bridgehead atoms. The maximum Gasteiger partial charge on any atom is 0.191 e. The van der Waals surface area contributed by atoms with Gasteiger partial charge in [0.15, 0.2) is 5.96 Å². The Morgan fingerprint density at radius 2 is 1.88 bits per heavy atom. The molecule has 0 aliphatic rings. The number of aromatic amines is 1. The molecule has 0 aliphatic carbocycles. The lowest BCUT2D eigenvalue weighted by Gasteiger charge is -2.12. The van der Waals surface area contributed by atoms with E-state index in [0.29, 0.717) is 19.0 Å². The largest absolute Gasteiger partial charge is 0.361 e.